The number of nitrogens with two attached hydrogens (primary N) is 1. The van der Waals surface area contributed by atoms with Crippen molar-refractivity contribution in [3.8, 4) is 0 Å². The Kier molecular flexibility index (Phi) is 5.17. The van der Waals surface area contributed by atoms with Crippen LogP contribution in [0.1, 0.15) is 55.9 Å². The molecule has 2 amide bonds. The second kappa shape index (κ2) is 7.63. The van der Waals surface area contributed by atoms with Gasteiger partial charge in [0.1, 0.15) is 5.56 Å². The molecule has 154 valence electrons. The summed E-state index contributed by atoms with van der Waals surface area (Å²) in [6.07, 6.45) is 3.59. The molecule has 0 radical (unpaired) electrons. The number of rotatable bonds is 5. The smallest absolute Gasteiger partial charge is 0.264 e. The van der Waals surface area contributed by atoms with Gasteiger partial charge in [0, 0.05) is 24.2 Å². The second-order valence-electron chi connectivity index (χ2n) is 8.55. The zero-order valence-corrected chi connectivity index (χ0v) is 16.9. The topological polar surface area (TPSA) is 97.4 Å². The number of pyridine rings is 1. The zero-order valence-electron chi connectivity index (χ0n) is 16.9. The molecule has 2 fully saturated rings. The predicted molar refractivity (Wildman–Crippen MR) is 112 cm³/mol. The first-order valence-corrected chi connectivity index (χ1v) is 10.3. The number of fused-ring (bicyclic) bond motifs is 3. The van der Waals surface area contributed by atoms with E-state index < -0.39 is 0 Å². The minimum Gasteiger partial charge on any atom is -0.369 e. The zero-order chi connectivity index (χ0) is 20.7. The normalized spacial score (nSPS) is 24.2. The van der Waals surface area contributed by atoms with Crippen LogP contribution in [0.4, 0.5) is 0 Å². The number of aromatic nitrogens is 1. The van der Waals surface area contributed by atoms with Crippen molar-refractivity contribution in [2.24, 2.45) is 5.73 Å². The van der Waals surface area contributed by atoms with E-state index in [9.17, 15) is 14.4 Å². The molecule has 4 rings (SSSR count). The average Bonchev–Trinajstić information content (AvgIpc) is 2.88. The van der Waals surface area contributed by atoms with Gasteiger partial charge >= 0.3 is 0 Å². The summed E-state index contributed by atoms with van der Waals surface area (Å²) in [5.74, 6) is -0.627. The molecule has 3 N–H and O–H groups in total. The van der Waals surface area contributed by atoms with Crippen LogP contribution in [-0.2, 0) is 4.79 Å². The van der Waals surface area contributed by atoms with Crippen molar-refractivity contribution in [1.29, 1.82) is 0 Å². The lowest BCUT2D eigenvalue weighted by atomic mass is 9.96. The molecular formula is C22H28N4O3. The fourth-order valence-electron chi connectivity index (χ4n) is 5.05. The van der Waals surface area contributed by atoms with Crippen molar-refractivity contribution in [2.45, 2.75) is 63.7 Å². The molecule has 2 aliphatic rings. The minimum atomic E-state index is -0.317. The second-order valence-corrected chi connectivity index (χ2v) is 8.55. The summed E-state index contributed by atoms with van der Waals surface area (Å²) >= 11 is 0. The van der Waals surface area contributed by atoms with Crippen LogP contribution in [0.15, 0.2) is 35.1 Å². The number of nitrogens with zero attached hydrogens (tertiary/aromatic N) is 2. The van der Waals surface area contributed by atoms with E-state index in [0.29, 0.717) is 0 Å². The minimum absolute atomic E-state index is 0.00231. The van der Waals surface area contributed by atoms with Gasteiger partial charge in [0.15, 0.2) is 0 Å². The van der Waals surface area contributed by atoms with E-state index in [0.717, 1.165) is 36.6 Å². The molecule has 0 spiro atoms. The molecule has 7 nitrogen and oxygen atoms in total. The van der Waals surface area contributed by atoms with Crippen LogP contribution in [0, 0.1) is 0 Å². The third-order valence-electron chi connectivity index (χ3n) is 6.26. The van der Waals surface area contributed by atoms with Gasteiger partial charge in [0.25, 0.3) is 11.5 Å². The van der Waals surface area contributed by atoms with Gasteiger partial charge in [-0.15, -0.1) is 0 Å². The summed E-state index contributed by atoms with van der Waals surface area (Å²) in [6, 6.07) is 9.81. The van der Waals surface area contributed by atoms with Crippen LogP contribution < -0.4 is 16.6 Å². The van der Waals surface area contributed by atoms with Crippen molar-refractivity contribution < 1.29 is 9.59 Å². The molecule has 0 saturated carbocycles. The van der Waals surface area contributed by atoms with E-state index in [1.165, 1.54) is 0 Å². The number of carbonyl (C=O) groups excluding carboxylic acids is 2. The summed E-state index contributed by atoms with van der Waals surface area (Å²) in [7, 11) is 0. The lowest BCUT2D eigenvalue weighted by Gasteiger charge is -2.38. The van der Waals surface area contributed by atoms with Crippen molar-refractivity contribution in [2.75, 3.05) is 6.54 Å². The van der Waals surface area contributed by atoms with Crippen LogP contribution in [0.5, 0.6) is 0 Å². The maximum absolute atomic E-state index is 13.1. The van der Waals surface area contributed by atoms with Crippen LogP contribution in [0.3, 0.4) is 0 Å². The first kappa shape index (κ1) is 19.6. The summed E-state index contributed by atoms with van der Waals surface area (Å²) in [5.41, 5.74) is 6.14. The first-order chi connectivity index (χ1) is 13.8. The molecule has 2 bridgehead atoms. The first-order valence-electron chi connectivity index (χ1n) is 10.3. The molecule has 1 aromatic heterocycles. The van der Waals surface area contributed by atoms with E-state index in [1.807, 2.05) is 38.1 Å². The molecule has 29 heavy (non-hydrogen) atoms. The van der Waals surface area contributed by atoms with Gasteiger partial charge in [-0.1, -0.05) is 18.2 Å². The number of benzene rings is 1. The largest absolute Gasteiger partial charge is 0.369 e. The van der Waals surface area contributed by atoms with Gasteiger partial charge in [-0.2, -0.15) is 0 Å². The number of hydrogen-bond donors (Lipinski definition) is 2. The SMILES string of the molecule is CC(C)n1c(=O)c(C(=O)NC2CC3CCC(C2)N3CC(N)=O)cc2ccccc21. The summed E-state index contributed by atoms with van der Waals surface area (Å²) < 4.78 is 1.68. The van der Waals surface area contributed by atoms with Crippen LogP contribution >= 0.6 is 0 Å². The molecule has 0 aliphatic carbocycles. The van der Waals surface area contributed by atoms with Gasteiger partial charge in [-0.05, 0) is 57.0 Å². The predicted octanol–water partition coefficient (Wildman–Crippen LogP) is 1.79. The Labute approximate surface area is 169 Å². The lowest BCUT2D eigenvalue weighted by Crippen LogP contribution is -2.52. The third kappa shape index (κ3) is 3.67. The maximum Gasteiger partial charge on any atom is 0.264 e. The maximum atomic E-state index is 13.1. The molecule has 2 atom stereocenters. The molecule has 2 aliphatic heterocycles. The fourth-order valence-corrected chi connectivity index (χ4v) is 5.05. The Balaban J connectivity index is 1.57. The number of amides is 2. The average molecular weight is 396 g/mol. The molecule has 7 heteroatoms. The highest BCUT2D eigenvalue weighted by atomic mass is 16.2. The van der Waals surface area contributed by atoms with Crippen molar-refractivity contribution >= 4 is 22.7 Å². The highest BCUT2D eigenvalue weighted by Gasteiger charge is 2.41. The van der Waals surface area contributed by atoms with Crippen molar-refractivity contribution in [3.63, 3.8) is 0 Å². The van der Waals surface area contributed by atoms with Crippen molar-refractivity contribution in [3.05, 3.63) is 46.2 Å². The van der Waals surface area contributed by atoms with E-state index in [4.69, 9.17) is 5.73 Å². The van der Waals surface area contributed by atoms with Crippen LogP contribution in [-0.4, -0.2) is 46.0 Å². The summed E-state index contributed by atoms with van der Waals surface area (Å²) in [6.45, 7) is 4.17. The number of carbonyl (C=O) groups is 2. The summed E-state index contributed by atoms with van der Waals surface area (Å²) in [4.78, 5) is 39.6. The van der Waals surface area contributed by atoms with E-state index in [-0.39, 0.29) is 53.6 Å². The standard InChI is InChI=1S/C22H28N4O3/c1-13(2)26-19-6-4-3-5-14(19)9-18(22(26)29)21(28)24-15-10-16-7-8-17(11-15)25(16)12-20(23)27/h3-6,9,13,15-17H,7-8,10-12H2,1-2H3,(H2,23,27)(H,24,28). The van der Waals surface area contributed by atoms with E-state index >= 15 is 0 Å². The molecule has 1 aromatic carbocycles. The highest BCUT2D eigenvalue weighted by molar-refractivity contribution is 5.97. The Bertz CT molecular complexity index is 999. The highest BCUT2D eigenvalue weighted by Crippen LogP contribution is 2.35. The number of piperidine rings is 1. The van der Waals surface area contributed by atoms with Crippen molar-refractivity contribution in [1.82, 2.24) is 14.8 Å². The number of para-hydroxylation sites is 1. The molecule has 2 unspecified atom stereocenters. The van der Waals surface area contributed by atoms with E-state index in [1.54, 1.807) is 10.6 Å². The monoisotopic (exact) mass is 396 g/mol. The van der Waals surface area contributed by atoms with Crippen LogP contribution in [0.2, 0.25) is 0 Å². The lowest BCUT2D eigenvalue weighted by molar-refractivity contribution is -0.120. The van der Waals surface area contributed by atoms with Gasteiger partial charge in [0.05, 0.1) is 12.1 Å². The van der Waals surface area contributed by atoms with E-state index in [2.05, 4.69) is 10.2 Å². The summed E-state index contributed by atoms with van der Waals surface area (Å²) in [5, 5.41) is 3.96. The quantitative estimate of drug-likeness (QED) is 0.805. The molecule has 2 aromatic rings. The Morgan fingerprint density at radius 1 is 1.17 bits per heavy atom. The van der Waals surface area contributed by atoms with Gasteiger partial charge < -0.3 is 15.6 Å². The molecule has 3 heterocycles. The fraction of sp³-hybridized carbons (Fsp3) is 0.500. The molecule has 2 saturated heterocycles. The molecular weight excluding hydrogens is 368 g/mol. The van der Waals surface area contributed by atoms with Crippen LogP contribution in [0.25, 0.3) is 10.9 Å². The number of hydrogen-bond acceptors (Lipinski definition) is 4. The van der Waals surface area contributed by atoms with Gasteiger partial charge in [-0.25, -0.2) is 0 Å². The van der Waals surface area contributed by atoms with Gasteiger partial charge in [0.2, 0.25) is 5.91 Å². The Morgan fingerprint density at radius 3 is 2.45 bits per heavy atom. The Morgan fingerprint density at radius 2 is 1.83 bits per heavy atom. The number of nitrogens with one attached hydrogen (secondary N) is 1. The third-order valence-corrected chi connectivity index (χ3v) is 6.26. The Hall–Kier alpha value is -2.67. The van der Waals surface area contributed by atoms with Gasteiger partial charge in [-0.3, -0.25) is 19.3 Å². The number of primary amides is 1.